The van der Waals surface area contributed by atoms with Gasteiger partial charge in [-0.25, -0.2) is 8.42 Å². The Labute approximate surface area is 205 Å². The van der Waals surface area contributed by atoms with Crippen LogP contribution in [0.2, 0.25) is 5.02 Å². The molecule has 0 aliphatic rings. The van der Waals surface area contributed by atoms with Gasteiger partial charge in [-0.05, 0) is 61.9 Å². The number of anilines is 1. The molecule has 0 unspecified atom stereocenters. The van der Waals surface area contributed by atoms with Gasteiger partial charge in [0.2, 0.25) is 5.91 Å². The van der Waals surface area contributed by atoms with Crippen molar-refractivity contribution in [3.8, 4) is 11.5 Å². The molecule has 0 atom stereocenters. The van der Waals surface area contributed by atoms with Crippen LogP contribution in [0.1, 0.15) is 11.1 Å². The van der Waals surface area contributed by atoms with Crippen LogP contribution in [0.15, 0.2) is 71.6 Å². The zero-order chi connectivity index (χ0) is 24.7. The van der Waals surface area contributed by atoms with Crippen LogP contribution in [0.25, 0.3) is 0 Å². The molecule has 0 aliphatic carbocycles. The maximum absolute atomic E-state index is 13.4. The highest BCUT2D eigenvalue weighted by atomic mass is 35.5. The average molecular weight is 503 g/mol. The first-order chi connectivity index (χ1) is 16.2. The van der Waals surface area contributed by atoms with Gasteiger partial charge in [-0.1, -0.05) is 41.4 Å². The lowest BCUT2D eigenvalue weighted by Crippen LogP contribution is -2.42. The number of benzene rings is 3. The zero-order valence-electron chi connectivity index (χ0n) is 19.2. The smallest absolute Gasteiger partial charge is 0.264 e. The summed E-state index contributed by atoms with van der Waals surface area (Å²) in [5, 5.41) is 2.94. The summed E-state index contributed by atoms with van der Waals surface area (Å²) in [6.45, 7) is 3.86. The number of rotatable bonds is 10. The van der Waals surface area contributed by atoms with Crippen LogP contribution < -0.4 is 19.1 Å². The van der Waals surface area contributed by atoms with Crippen molar-refractivity contribution >= 4 is 33.2 Å². The highest BCUT2D eigenvalue weighted by Gasteiger charge is 2.27. The number of nitrogens with zero attached hydrogens (tertiary/aromatic N) is 1. The van der Waals surface area contributed by atoms with Gasteiger partial charge >= 0.3 is 0 Å². The lowest BCUT2D eigenvalue weighted by molar-refractivity contribution is -0.119. The van der Waals surface area contributed by atoms with Crippen LogP contribution >= 0.6 is 11.6 Å². The summed E-state index contributed by atoms with van der Waals surface area (Å²) in [6, 6.07) is 18.6. The number of carbonyl (C=O) groups is 1. The minimum atomic E-state index is -4.04. The van der Waals surface area contributed by atoms with E-state index in [9.17, 15) is 13.2 Å². The van der Waals surface area contributed by atoms with E-state index in [-0.39, 0.29) is 28.8 Å². The SMILES string of the molecule is COc1ccc(N(CC(=O)NCCOc2cccc(C)c2)S(=O)(=O)c2ccc(C)cc2)cc1Cl. The first-order valence-electron chi connectivity index (χ1n) is 10.6. The molecular weight excluding hydrogens is 476 g/mol. The molecule has 0 fully saturated rings. The molecule has 0 saturated heterocycles. The van der Waals surface area contributed by atoms with E-state index in [1.54, 1.807) is 24.3 Å². The number of sulfonamides is 1. The van der Waals surface area contributed by atoms with Crippen LogP contribution in [-0.2, 0) is 14.8 Å². The Hall–Kier alpha value is -3.23. The number of amides is 1. The monoisotopic (exact) mass is 502 g/mol. The fourth-order valence-corrected chi connectivity index (χ4v) is 4.88. The van der Waals surface area contributed by atoms with E-state index in [4.69, 9.17) is 21.1 Å². The Kier molecular flexibility index (Phi) is 8.41. The number of halogens is 1. The molecule has 7 nitrogen and oxygen atoms in total. The maximum atomic E-state index is 13.4. The van der Waals surface area contributed by atoms with Crippen LogP contribution in [0.4, 0.5) is 5.69 Å². The molecular formula is C25H27ClN2O5S. The third-order valence-electron chi connectivity index (χ3n) is 5.00. The fourth-order valence-electron chi connectivity index (χ4n) is 3.21. The molecule has 0 bridgehead atoms. The van der Waals surface area contributed by atoms with Gasteiger partial charge in [0, 0.05) is 0 Å². The Balaban J connectivity index is 1.76. The highest BCUT2D eigenvalue weighted by molar-refractivity contribution is 7.92. The molecule has 3 aromatic rings. The molecule has 0 aliphatic heterocycles. The van der Waals surface area contributed by atoms with E-state index < -0.39 is 22.5 Å². The summed E-state index contributed by atoms with van der Waals surface area (Å²) >= 11 is 6.24. The standard InChI is InChI=1S/C25H27ClN2O5S/c1-18-7-10-22(11-8-18)34(30,31)28(20-9-12-24(32-3)23(26)16-20)17-25(29)27-13-14-33-21-6-4-5-19(2)15-21/h4-12,15-16H,13-14,17H2,1-3H3,(H,27,29). The van der Waals surface area contributed by atoms with Crippen molar-refractivity contribution in [2.45, 2.75) is 18.7 Å². The lowest BCUT2D eigenvalue weighted by Gasteiger charge is -2.24. The summed E-state index contributed by atoms with van der Waals surface area (Å²) in [4.78, 5) is 12.8. The first kappa shape index (κ1) is 25.4. The van der Waals surface area contributed by atoms with Gasteiger partial charge in [0.05, 0.1) is 29.3 Å². The van der Waals surface area contributed by atoms with Gasteiger partial charge in [-0.3, -0.25) is 9.10 Å². The second kappa shape index (κ2) is 11.3. The van der Waals surface area contributed by atoms with Crippen molar-refractivity contribution < 1.29 is 22.7 Å². The summed E-state index contributed by atoms with van der Waals surface area (Å²) in [5.74, 6) is 0.622. The Morgan fingerprint density at radius 1 is 1.00 bits per heavy atom. The van der Waals surface area contributed by atoms with Crippen molar-refractivity contribution in [3.63, 3.8) is 0 Å². The molecule has 9 heteroatoms. The number of hydrogen-bond acceptors (Lipinski definition) is 5. The molecule has 34 heavy (non-hydrogen) atoms. The van der Waals surface area contributed by atoms with Crippen LogP contribution in [0.5, 0.6) is 11.5 Å². The van der Waals surface area contributed by atoms with Gasteiger partial charge in [-0.2, -0.15) is 0 Å². The molecule has 0 radical (unpaired) electrons. The Bertz CT molecular complexity index is 1250. The van der Waals surface area contributed by atoms with E-state index in [2.05, 4.69) is 5.32 Å². The first-order valence-corrected chi connectivity index (χ1v) is 12.4. The highest BCUT2D eigenvalue weighted by Crippen LogP contribution is 2.32. The third-order valence-corrected chi connectivity index (χ3v) is 7.09. The van der Waals surface area contributed by atoms with Crippen molar-refractivity contribution in [1.29, 1.82) is 0 Å². The largest absolute Gasteiger partial charge is 0.495 e. The Morgan fingerprint density at radius 2 is 1.74 bits per heavy atom. The predicted molar refractivity (Wildman–Crippen MR) is 133 cm³/mol. The number of methoxy groups -OCH3 is 1. The summed E-state index contributed by atoms with van der Waals surface area (Å²) in [7, 11) is -2.57. The molecule has 1 amide bonds. The summed E-state index contributed by atoms with van der Waals surface area (Å²) in [5.41, 5.74) is 2.23. The normalized spacial score (nSPS) is 11.1. The summed E-state index contributed by atoms with van der Waals surface area (Å²) < 4.78 is 38.7. The van der Waals surface area contributed by atoms with E-state index in [1.165, 1.54) is 25.3 Å². The van der Waals surface area contributed by atoms with Crippen molar-refractivity contribution in [2.24, 2.45) is 0 Å². The number of carbonyl (C=O) groups excluding carboxylic acids is 1. The quantitative estimate of drug-likeness (QED) is 0.416. The molecule has 0 heterocycles. The molecule has 1 N–H and O–H groups in total. The average Bonchev–Trinajstić information content (AvgIpc) is 2.80. The van der Waals surface area contributed by atoms with E-state index in [0.717, 1.165) is 15.4 Å². The second-order valence-corrected chi connectivity index (χ2v) is 9.93. The van der Waals surface area contributed by atoms with Gasteiger partial charge < -0.3 is 14.8 Å². The van der Waals surface area contributed by atoms with Gasteiger partial charge in [0.1, 0.15) is 24.7 Å². The van der Waals surface area contributed by atoms with Crippen LogP contribution in [0.3, 0.4) is 0 Å². The second-order valence-electron chi connectivity index (χ2n) is 7.66. The number of hydrogen-bond donors (Lipinski definition) is 1. The van der Waals surface area contributed by atoms with Crippen LogP contribution in [-0.4, -0.2) is 41.1 Å². The van der Waals surface area contributed by atoms with Gasteiger partial charge in [0.25, 0.3) is 10.0 Å². The predicted octanol–water partition coefficient (Wildman–Crippen LogP) is 4.36. The van der Waals surface area contributed by atoms with E-state index in [1.807, 2.05) is 38.1 Å². The minimum absolute atomic E-state index is 0.0700. The molecule has 3 rings (SSSR count). The van der Waals surface area contributed by atoms with Crippen molar-refractivity contribution in [3.05, 3.63) is 82.9 Å². The Morgan fingerprint density at radius 3 is 2.38 bits per heavy atom. The van der Waals surface area contributed by atoms with Gasteiger partial charge in [-0.15, -0.1) is 0 Å². The lowest BCUT2D eigenvalue weighted by atomic mass is 10.2. The fraction of sp³-hybridized carbons (Fsp3) is 0.240. The topological polar surface area (TPSA) is 84.9 Å². The van der Waals surface area contributed by atoms with E-state index >= 15 is 0 Å². The van der Waals surface area contributed by atoms with Gasteiger partial charge in [0.15, 0.2) is 0 Å². The third kappa shape index (κ3) is 6.42. The minimum Gasteiger partial charge on any atom is -0.495 e. The molecule has 0 aromatic heterocycles. The number of aryl methyl sites for hydroxylation is 2. The van der Waals surface area contributed by atoms with Crippen LogP contribution in [0, 0.1) is 13.8 Å². The number of ether oxygens (including phenoxy) is 2. The molecule has 3 aromatic carbocycles. The zero-order valence-corrected chi connectivity index (χ0v) is 20.8. The molecule has 0 spiro atoms. The van der Waals surface area contributed by atoms with Crippen molar-refractivity contribution in [2.75, 3.05) is 31.1 Å². The van der Waals surface area contributed by atoms with E-state index in [0.29, 0.717) is 11.5 Å². The molecule has 0 saturated carbocycles. The summed E-state index contributed by atoms with van der Waals surface area (Å²) in [6.07, 6.45) is 0. The molecule has 180 valence electrons. The van der Waals surface area contributed by atoms with Crippen molar-refractivity contribution in [1.82, 2.24) is 5.32 Å². The number of nitrogens with one attached hydrogen (secondary N) is 1. The maximum Gasteiger partial charge on any atom is 0.264 e.